The maximum Gasteiger partial charge on any atom is 0.0920 e. The summed E-state index contributed by atoms with van der Waals surface area (Å²) in [4.78, 5) is 9.31. The Labute approximate surface area is 195 Å². The quantitative estimate of drug-likeness (QED) is 0.287. The molecule has 1 heterocycles. The Hall–Kier alpha value is -3.78. The minimum Gasteiger partial charge on any atom is -0.255 e. The second-order valence-electron chi connectivity index (χ2n) is 9.62. The van der Waals surface area contributed by atoms with Crippen LogP contribution in [0.25, 0.3) is 44.3 Å². The first-order valence-corrected chi connectivity index (χ1v) is 11.5. The lowest BCUT2D eigenvalue weighted by Gasteiger charge is -2.22. The fourth-order valence-electron chi connectivity index (χ4n) is 5.42. The van der Waals surface area contributed by atoms with Gasteiger partial charge in [0, 0.05) is 17.2 Å². The molecule has 2 heteroatoms. The van der Waals surface area contributed by atoms with Crippen LogP contribution in [0.15, 0.2) is 85.1 Å². The van der Waals surface area contributed by atoms with Crippen LogP contribution >= 0.6 is 0 Å². The van der Waals surface area contributed by atoms with E-state index in [-0.39, 0.29) is 5.41 Å². The van der Waals surface area contributed by atoms with E-state index < -0.39 is 0 Å². The molecule has 1 aliphatic carbocycles. The number of fused-ring (bicyclic) bond motifs is 4. The minimum atomic E-state index is 0.00753. The predicted octanol–water partition coefficient (Wildman–Crippen LogP) is 7.89. The fourth-order valence-corrected chi connectivity index (χ4v) is 5.42. The molecule has 0 saturated carbocycles. The van der Waals surface area contributed by atoms with E-state index in [1.54, 1.807) is 0 Å². The maximum absolute atomic E-state index is 4.69. The zero-order chi connectivity index (χ0) is 22.7. The first-order chi connectivity index (χ1) is 15.9. The molecule has 33 heavy (non-hydrogen) atoms. The monoisotopic (exact) mass is 426 g/mol. The zero-order valence-electron chi connectivity index (χ0n) is 19.5. The number of aryl methyl sites for hydroxylation is 2. The highest BCUT2D eigenvalue weighted by molar-refractivity contribution is 5.98. The largest absolute Gasteiger partial charge is 0.255 e. The molecule has 0 amide bonds. The summed E-state index contributed by atoms with van der Waals surface area (Å²) >= 11 is 0. The van der Waals surface area contributed by atoms with Crippen LogP contribution in [0.3, 0.4) is 0 Å². The molecular weight excluding hydrogens is 400 g/mol. The number of nitrogens with zero attached hydrogens (tertiary/aromatic N) is 2. The van der Waals surface area contributed by atoms with Crippen LogP contribution < -0.4 is 0 Å². The summed E-state index contributed by atoms with van der Waals surface area (Å²) in [6, 6.07) is 28.9. The molecule has 0 bridgehead atoms. The second-order valence-corrected chi connectivity index (χ2v) is 9.62. The second kappa shape index (κ2) is 7.11. The van der Waals surface area contributed by atoms with E-state index in [0.29, 0.717) is 0 Å². The van der Waals surface area contributed by atoms with E-state index >= 15 is 0 Å². The van der Waals surface area contributed by atoms with E-state index in [9.17, 15) is 0 Å². The fraction of sp³-hybridized carbons (Fsp3) is 0.161. The van der Waals surface area contributed by atoms with Crippen molar-refractivity contribution in [1.82, 2.24) is 9.97 Å². The van der Waals surface area contributed by atoms with Crippen molar-refractivity contribution in [3.63, 3.8) is 0 Å². The Balaban J connectivity index is 1.47. The minimum absolute atomic E-state index is 0.00753. The Kier molecular flexibility index (Phi) is 4.28. The van der Waals surface area contributed by atoms with Gasteiger partial charge in [0.2, 0.25) is 0 Å². The standard InChI is InChI=1S/C31H26N2/c1-19-18-32-30(20(2)33-19)27-10-7-8-23-16-21(12-14-24(23)27)22-13-15-26-25-9-5-6-11-28(25)31(3,4)29(26)17-22/h5-18H,1-4H3. The highest BCUT2D eigenvalue weighted by Gasteiger charge is 2.35. The Morgan fingerprint density at radius 2 is 1.39 bits per heavy atom. The van der Waals surface area contributed by atoms with Gasteiger partial charge in [0.15, 0.2) is 0 Å². The van der Waals surface area contributed by atoms with Crippen molar-refractivity contribution in [1.29, 1.82) is 0 Å². The third-order valence-electron chi connectivity index (χ3n) is 7.12. The third kappa shape index (κ3) is 3.01. The summed E-state index contributed by atoms with van der Waals surface area (Å²) < 4.78 is 0. The molecule has 0 atom stereocenters. The van der Waals surface area contributed by atoms with Crippen molar-refractivity contribution < 1.29 is 0 Å². The summed E-state index contributed by atoms with van der Waals surface area (Å²) in [5.74, 6) is 0. The van der Waals surface area contributed by atoms with Crippen molar-refractivity contribution >= 4 is 10.8 Å². The molecule has 6 rings (SSSR count). The lowest BCUT2D eigenvalue weighted by atomic mass is 9.81. The number of benzene rings is 4. The average Bonchev–Trinajstić information content (AvgIpc) is 3.05. The van der Waals surface area contributed by atoms with Crippen LogP contribution in [0.2, 0.25) is 0 Å². The van der Waals surface area contributed by atoms with Gasteiger partial charge in [-0.25, -0.2) is 0 Å². The molecule has 2 nitrogen and oxygen atoms in total. The van der Waals surface area contributed by atoms with Gasteiger partial charge in [0.25, 0.3) is 0 Å². The van der Waals surface area contributed by atoms with Gasteiger partial charge in [-0.3, -0.25) is 9.97 Å². The lowest BCUT2D eigenvalue weighted by molar-refractivity contribution is 0.660. The third-order valence-corrected chi connectivity index (χ3v) is 7.12. The van der Waals surface area contributed by atoms with Crippen molar-refractivity contribution in [2.24, 2.45) is 0 Å². The average molecular weight is 427 g/mol. The number of hydrogen-bond donors (Lipinski definition) is 0. The van der Waals surface area contributed by atoms with Gasteiger partial charge in [-0.15, -0.1) is 0 Å². The van der Waals surface area contributed by atoms with Gasteiger partial charge >= 0.3 is 0 Å². The van der Waals surface area contributed by atoms with E-state index in [1.165, 1.54) is 44.2 Å². The predicted molar refractivity (Wildman–Crippen MR) is 137 cm³/mol. The molecule has 0 saturated heterocycles. The zero-order valence-corrected chi connectivity index (χ0v) is 19.5. The summed E-state index contributed by atoms with van der Waals surface area (Å²) in [6.45, 7) is 8.68. The molecule has 0 fully saturated rings. The van der Waals surface area contributed by atoms with Crippen molar-refractivity contribution in [2.45, 2.75) is 33.1 Å². The van der Waals surface area contributed by atoms with Crippen molar-refractivity contribution in [2.75, 3.05) is 0 Å². The summed E-state index contributed by atoms with van der Waals surface area (Å²) in [7, 11) is 0. The Morgan fingerprint density at radius 1 is 0.667 bits per heavy atom. The number of rotatable bonds is 2. The van der Waals surface area contributed by atoms with E-state index in [2.05, 4.69) is 97.7 Å². The molecule has 1 aromatic heterocycles. The van der Waals surface area contributed by atoms with E-state index in [0.717, 1.165) is 22.6 Å². The Bertz CT molecular complexity index is 1560. The normalized spacial score (nSPS) is 13.7. The van der Waals surface area contributed by atoms with Crippen LogP contribution in [0.4, 0.5) is 0 Å². The van der Waals surface area contributed by atoms with Gasteiger partial charge in [-0.2, -0.15) is 0 Å². The van der Waals surface area contributed by atoms with Crippen LogP contribution in [0.5, 0.6) is 0 Å². The van der Waals surface area contributed by atoms with E-state index in [4.69, 9.17) is 4.98 Å². The van der Waals surface area contributed by atoms with Crippen molar-refractivity contribution in [3.05, 3.63) is 108 Å². The van der Waals surface area contributed by atoms with Crippen LogP contribution in [0.1, 0.15) is 36.4 Å². The van der Waals surface area contributed by atoms with Crippen LogP contribution in [-0.4, -0.2) is 9.97 Å². The maximum atomic E-state index is 4.69. The summed E-state index contributed by atoms with van der Waals surface area (Å²) in [5, 5.41) is 2.42. The van der Waals surface area contributed by atoms with E-state index in [1.807, 2.05) is 20.0 Å². The van der Waals surface area contributed by atoms with Gasteiger partial charge < -0.3 is 0 Å². The summed E-state index contributed by atoms with van der Waals surface area (Å²) in [5.41, 5.74) is 12.0. The lowest BCUT2D eigenvalue weighted by Crippen LogP contribution is -2.14. The topological polar surface area (TPSA) is 25.8 Å². The van der Waals surface area contributed by atoms with Gasteiger partial charge in [0.05, 0.1) is 17.1 Å². The molecule has 0 radical (unpaired) electrons. The molecule has 1 aliphatic rings. The first kappa shape index (κ1) is 19.9. The number of aromatic nitrogens is 2. The number of hydrogen-bond acceptors (Lipinski definition) is 2. The SMILES string of the molecule is Cc1cnc(-c2cccc3cc(-c4ccc5c(c4)C(C)(C)c4ccccc4-5)ccc23)c(C)n1. The summed E-state index contributed by atoms with van der Waals surface area (Å²) in [6.07, 6.45) is 1.85. The first-order valence-electron chi connectivity index (χ1n) is 11.5. The Morgan fingerprint density at radius 3 is 2.24 bits per heavy atom. The van der Waals surface area contributed by atoms with Crippen molar-refractivity contribution in [3.8, 4) is 33.5 Å². The van der Waals surface area contributed by atoms with Gasteiger partial charge in [0.1, 0.15) is 0 Å². The van der Waals surface area contributed by atoms with Gasteiger partial charge in [-0.05, 0) is 70.1 Å². The highest BCUT2D eigenvalue weighted by atomic mass is 14.8. The molecule has 0 aliphatic heterocycles. The smallest absolute Gasteiger partial charge is 0.0920 e. The highest BCUT2D eigenvalue weighted by Crippen LogP contribution is 2.49. The molecule has 5 aromatic rings. The molecular formula is C31H26N2. The molecule has 0 spiro atoms. The molecule has 4 aromatic carbocycles. The molecule has 160 valence electrons. The van der Waals surface area contributed by atoms with Gasteiger partial charge in [-0.1, -0.05) is 80.6 Å². The molecule has 0 N–H and O–H groups in total. The van der Waals surface area contributed by atoms with Crippen LogP contribution in [-0.2, 0) is 5.41 Å². The molecule has 0 unspecified atom stereocenters. The van der Waals surface area contributed by atoms with Crippen LogP contribution in [0, 0.1) is 13.8 Å².